The van der Waals surface area contributed by atoms with E-state index < -0.39 is 0 Å². The summed E-state index contributed by atoms with van der Waals surface area (Å²) >= 11 is 0. The van der Waals surface area contributed by atoms with Gasteiger partial charge in [0.1, 0.15) is 11.9 Å². The summed E-state index contributed by atoms with van der Waals surface area (Å²) in [7, 11) is 0. The number of carbonyl (C=O) groups is 1. The third kappa shape index (κ3) is 2.86. The quantitative estimate of drug-likeness (QED) is 0.773. The Morgan fingerprint density at radius 1 is 1.23 bits per heavy atom. The van der Waals surface area contributed by atoms with Crippen LogP contribution in [0.5, 0.6) is 0 Å². The van der Waals surface area contributed by atoms with E-state index in [9.17, 15) is 4.79 Å². The maximum atomic E-state index is 11.9. The van der Waals surface area contributed by atoms with E-state index in [2.05, 4.69) is 21.4 Å². The number of hydrogen-bond acceptors (Lipinski definition) is 2. The fourth-order valence-corrected chi connectivity index (χ4v) is 2.50. The minimum atomic E-state index is -0.263. The maximum absolute atomic E-state index is 11.9. The fraction of sp³-hybridized carbons (Fsp3) is 0.222. The number of nitrogens with one attached hydrogen (secondary N) is 2. The standard InChI is InChI=1S/C18H19N3O/c1-3-16(22)21-17(13-7-5-4-6-8-13)18-19-14-10-9-12(2)11-15(14)20-18/h4-11,17H,3H2,1-2H3,(H,19,20)(H,21,22). The second kappa shape index (κ2) is 6.02. The second-order valence-electron chi connectivity index (χ2n) is 5.41. The van der Waals surface area contributed by atoms with Crippen LogP contribution in [-0.2, 0) is 4.79 Å². The zero-order valence-electron chi connectivity index (χ0n) is 12.8. The first-order valence-corrected chi connectivity index (χ1v) is 7.48. The number of amides is 1. The zero-order valence-corrected chi connectivity index (χ0v) is 12.8. The van der Waals surface area contributed by atoms with Crippen LogP contribution in [0.1, 0.15) is 36.3 Å². The van der Waals surface area contributed by atoms with Gasteiger partial charge in [0.05, 0.1) is 11.0 Å². The van der Waals surface area contributed by atoms with Crippen LogP contribution in [0.2, 0.25) is 0 Å². The van der Waals surface area contributed by atoms with Crippen LogP contribution in [0.25, 0.3) is 11.0 Å². The highest BCUT2D eigenvalue weighted by molar-refractivity contribution is 5.78. The maximum Gasteiger partial charge on any atom is 0.220 e. The molecule has 1 aromatic heterocycles. The van der Waals surface area contributed by atoms with Crippen LogP contribution < -0.4 is 5.32 Å². The van der Waals surface area contributed by atoms with Gasteiger partial charge < -0.3 is 10.3 Å². The molecule has 0 aliphatic heterocycles. The van der Waals surface area contributed by atoms with E-state index in [0.29, 0.717) is 6.42 Å². The number of imidazole rings is 1. The number of fused-ring (bicyclic) bond motifs is 1. The van der Waals surface area contributed by atoms with Crippen LogP contribution in [0.4, 0.5) is 0 Å². The van der Waals surface area contributed by atoms with Crippen LogP contribution in [0, 0.1) is 6.92 Å². The number of aryl methyl sites for hydroxylation is 1. The molecule has 1 unspecified atom stereocenters. The van der Waals surface area contributed by atoms with Crippen molar-refractivity contribution in [2.75, 3.05) is 0 Å². The van der Waals surface area contributed by atoms with E-state index in [-0.39, 0.29) is 11.9 Å². The van der Waals surface area contributed by atoms with Gasteiger partial charge in [-0.15, -0.1) is 0 Å². The summed E-state index contributed by atoms with van der Waals surface area (Å²) in [5, 5.41) is 3.04. The Kier molecular flexibility index (Phi) is 3.92. The fourth-order valence-electron chi connectivity index (χ4n) is 2.50. The van der Waals surface area contributed by atoms with Crippen molar-refractivity contribution in [1.29, 1.82) is 0 Å². The first-order valence-electron chi connectivity index (χ1n) is 7.48. The van der Waals surface area contributed by atoms with E-state index in [1.54, 1.807) is 0 Å². The molecule has 4 heteroatoms. The number of nitrogens with zero attached hydrogens (tertiary/aromatic N) is 1. The second-order valence-corrected chi connectivity index (χ2v) is 5.41. The van der Waals surface area contributed by atoms with Crippen LogP contribution in [0.3, 0.4) is 0 Å². The molecular weight excluding hydrogens is 274 g/mol. The normalized spacial score (nSPS) is 12.3. The van der Waals surface area contributed by atoms with Crippen molar-refractivity contribution in [3.05, 3.63) is 65.5 Å². The topological polar surface area (TPSA) is 57.8 Å². The summed E-state index contributed by atoms with van der Waals surface area (Å²) in [4.78, 5) is 19.9. The molecule has 0 saturated carbocycles. The zero-order chi connectivity index (χ0) is 15.5. The van der Waals surface area contributed by atoms with Gasteiger partial charge in [-0.25, -0.2) is 4.98 Å². The van der Waals surface area contributed by atoms with Gasteiger partial charge in [0.25, 0.3) is 0 Å². The van der Waals surface area contributed by atoms with E-state index in [1.807, 2.05) is 56.3 Å². The number of H-pyrrole nitrogens is 1. The van der Waals surface area contributed by atoms with Gasteiger partial charge in [-0.05, 0) is 30.2 Å². The summed E-state index contributed by atoms with van der Waals surface area (Å²) in [5.41, 5.74) is 4.09. The van der Waals surface area contributed by atoms with E-state index >= 15 is 0 Å². The minimum absolute atomic E-state index is 0.00508. The number of carbonyl (C=O) groups excluding carboxylic acids is 1. The molecule has 0 fully saturated rings. The molecular formula is C18H19N3O. The predicted molar refractivity (Wildman–Crippen MR) is 87.5 cm³/mol. The molecule has 3 rings (SSSR count). The summed E-state index contributed by atoms with van der Waals surface area (Å²) in [5.74, 6) is 0.763. The third-order valence-electron chi connectivity index (χ3n) is 3.69. The molecule has 2 aromatic carbocycles. The lowest BCUT2D eigenvalue weighted by Crippen LogP contribution is -2.29. The van der Waals surface area contributed by atoms with Gasteiger partial charge in [-0.1, -0.05) is 43.3 Å². The molecule has 3 aromatic rings. The largest absolute Gasteiger partial charge is 0.342 e. The van der Waals surface area contributed by atoms with Crippen LogP contribution >= 0.6 is 0 Å². The lowest BCUT2D eigenvalue weighted by atomic mass is 10.1. The van der Waals surface area contributed by atoms with Crippen LogP contribution in [-0.4, -0.2) is 15.9 Å². The van der Waals surface area contributed by atoms with E-state index in [0.717, 1.165) is 22.4 Å². The highest BCUT2D eigenvalue weighted by Gasteiger charge is 2.19. The van der Waals surface area contributed by atoms with Gasteiger partial charge in [0.2, 0.25) is 5.91 Å². The van der Waals surface area contributed by atoms with Crippen molar-refractivity contribution in [2.45, 2.75) is 26.3 Å². The molecule has 4 nitrogen and oxygen atoms in total. The predicted octanol–water partition coefficient (Wildman–Crippen LogP) is 3.49. The van der Waals surface area contributed by atoms with E-state index in [4.69, 9.17) is 0 Å². The van der Waals surface area contributed by atoms with Gasteiger partial charge >= 0.3 is 0 Å². The molecule has 0 aliphatic rings. The smallest absolute Gasteiger partial charge is 0.220 e. The molecule has 0 radical (unpaired) electrons. The van der Waals surface area contributed by atoms with Crippen molar-refractivity contribution in [2.24, 2.45) is 0 Å². The Hall–Kier alpha value is -2.62. The molecule has 1 atom stereocenters. The Morgan fingerprint density at radius 2 is 2.00 bits per heavy atom. The first-order chi connectivity index (χ1) is 10.7. The molecule has 22 heavy (non-hydrogen) atoms. The van der Waals surface area contributed by atoms with Crippen molar-refractivity contribution in [3.63, 3.8) is 0 Å². The Balaban J connectivity index is 2.05. The molecule has 0 saturated heterocycles. The van der Waals surface area contributed by atoms with Gasteiger partial charge in [0, 0.05) is 6.42 Å². The Morgan fingerprint density at radius 3 is 2.73 bits per heavy atom. The summed E-state index contributed by atoms with van der Waals surface area (Å²) in [6.45, 7) is 3.90. The number of aromatic nitrogens is 2. The number of hydrogen-bond donors (Lipinski definition) is 2. The number of aromatic amines is 1. The Bertz CT molecular complexity index is 792. The van der Waals surface area contributed by atoms with Gasteiger partial charge in [-0.3, -0.25) is 4.79 Å². The van der Waals surface area contributed by atoms with E-state index in [1.165, 1.54) is 5.56 Å². The van der Waals surface area contributed by atoms with Crippen molar-refractivity contribution < 1.29 is 4.79 Å². The first kappa shape index (κ1) is 14.3. The van der Waals surface area contributed by atoms with Crippen molar-refractivity contribution in [3.8, 4) is 0 Å². The minimum Gasteiger partial charge on any atom is -0.342 e. The molecule has 0 bridgehead atoms. The average Bonchev–Trinajstić information content (AvgIpc) is 2.95. The molecule has 112 valence electrons. The van der Waals surface area contributed by atoms with Crippen molar-refractivity contribution >= 4 is 16.9 Å². The Labute approximate surface area is 129 Å². The third-order valence-corrected chi connectivity index (χ3v) is 3.69. The monoisotopic (exact) mass is 293 g/mol. The molecule has 1 amide bonds. The SMILES string of the molecule is CCC(=O)NC(c1ccccc1)c1nc2ccc(C)cc2[nH]1. The highest BCUT2D eigenvalue weighted by Crippen LogP contribution is 2.23. The molecule has 0 aliphatic carbocycles. The summed E-state index contributed by atoms with van der Waals surface area (Å²) in [6.07, 6.45) is 0.447. The van der Waals surface area contributed by atoms with Crippen molar-refractivity contribution in [1.82, 2.24) is 15.3 Å². The summed E-state index contributed by atoms with van der Waals surface area (Å²) < 4.78 is 0. The van der Waals surface area contributed by atoms with Gasteiger partial charge in [-0.2, -0.15) is 0 Å². The number of benzene rings is 2. The molecule has 1 heterocycles. The highest BCUT2D eigenvalue weighted by atomic mass is 16.1. The average molecular weight is 293 g/mol. The van der Waals surface area contributed by atoms with Crippen LogP contribution in [0.15, 0.2) is 48.5 Å². The summed E-state index contributed by atoms with van der Waals surface area (Å²) in [6, 6.07) is 15.7. The molecule has 0 spiro atoms. The van der Waals surface area contributed by atoms with Gasteiger partial charge in [0.15, 0.2) is 0 Å². The lowest BCUT2D eigenvalue weighted by Gasteiger charge is -2.16. The molecule has 2 N–H and O–H groups in total. The number of rotatable bonds is 4. The lowest BCUT2D eigenvalue weighted by molar-refractivity contribution is -0.121.